The van der Waals surface area contributed by atoms with Gasteiger partial charge in [0.2, 0.25) is 0 Å². The molecule has 4 aliphatic rings. The molecule has 3 fully saturated rings. The second-order valence-electron chi connectivity index (χ2n) is 10.9. The molecule has 3 N–H and O–H groups in total. The summed E-state index contributed by atoms with van der Waals surface area (Å²) in [7, 11) is 0. The Hall–Kier alpha value is -0.870. The maximum Gasteiger partial charge on any atom is 0.303 e. The van der Waals surface area contributed by atoms with E-state index in [4.69, 9.17) is 5.11 Å². The summed E-state index contributed by atoms with van der Waals surface area (Å²) in [6, 6.07) is 0. The van der Waals surface area contributed by atoms with E-state index in [0.29, 0.717) is 29.6 Å². The maximum absolute atomic E-state index is 11.0. The topological polar surface area (TPSA) is 77.8 Å². The van der Waals surface area contributed by atoms with E-state index in [9.17, 15) is 15.0 Å². The van der Waals surface area contributed by atoms with Crippen LogP contribution in [0.15, 0.2) is 11.6 Å². The minimum absolute atomic E-state index is 0.0376. The van der Waals surface area contributed by atoms with Crippen LogP contribution in [-0.4, -0.2) is 33.5 Å². The van der Waals surface area contributed by atoms with Crippen molar-refractivity contribution in [3.63, 3.8) is 0 Å². The zero-order chi connectivity index (χ0) is 20.3. The summed E-state index contributed by atoms with van der Waals surface area (Å²) in [5.74, 6) is 2.18. The van der Waals surface area contributed by atoms with Gasteiger partial charge in [0, 0.05) is 6.42 Å². The molecule has 0 amide bonds. The SMILES string of the molecule is C[C@H](CCC(=O)O)[C@@H]1CC[C@@H]2[C@@H]3C[C@H](O)C4=C[C@H](O)CC[C@]4(C)[C@H]3CC[C@@]21C. The van der Waals surface area contributed by atoms with Crippen LogP contribution in [0.5, 0.6) is 0 Å². The molecule has 158 valence electrons. The molecular formula is C24H38O4. The highest BCUT2D eigenvalue weighted by atomic mass is 16.4. The van der Waals surface area contributed by atoms with E-state index in [0.717, 1.165) is 31.3 Å². The molecule has 0 aliphatic heterocycles. The number of aliphatic hydroxyl groups excluding tert-OH is 2. The van der Waals surface area contributed by atoms with E-state index in [1.165, 1.54) is 25.7 Å². The van der Waals surface area contributed by atoms with Crippen LogP contribution in [0.4, 0.5) is 0 Å². The van der Waals surface area contributed by atoms with Gasteiger partial charge >= 0.3 is 5.97 Å². The Balaban J connectivity index is 1.57. The molecule has 4 nitrogen and oxygen atoms in total. The second-order valence-corrected chi connectivity index (χ2v) is 10.9. The molecule has 0 aromatic rings. The molecular weight excluding hydrogens is 352 g/mol. The van der Waals surface area contributed by atoms with Gasteiger partial charge in [-0.2, -0.15) is 0 Å². The second kappa shape index (κ2) is 7.12. The molecule has 4 aliphatic carbocycles. The lowest BCUT2D eigenvalue weighted by Crippen LogP contribution is -2.54. The van der Waals surface area contributed by atoms with Crippen LogP contribution >= 0.6 is 0 Å². The van der Waals surface area contributed by atoms with E-state index >= 15 is 0 Å². The number of aliphatic hydroxyl groups is 2. The Labute approximate surface area is 169 Å². The van der Waals surface area contributed by atoms with E-state index in [1.807, 2.05) is 6.08 Å². The number of rotatable bonds is 4. The first-order valence-corrected chi connectivity index (χ1v) is 11.5. The van der Waals surface area contributed by atoms with Crippen LogP contribution in [0.2, 0.25) is 0 Å². The van der Waals surface area contributed by atoms with Crippen LogP contribution in [0.3, 0.4) is 0 Å². The lowest BCUT2D eigenvalue weighted by atomic mass is 9.46. The average Bonchev–Trinajstić information content (AvgIpc) is 2.99. The third kappa shape index (κ3) is 3.06. The molecule has 0 spiro atoms. The van der Waals surface area contributed by atoms with Crippen molar-refractivity contribution in [3.05, 3.63) is 11.6 Å². The van der Waals surface area contributed by atoms with Crippen LogP contribution in [-0.2, 0) is 4.79 Å². The van der Waals surface area contributed by atoms with Gasteiger partial charge in [0.15, 0.2) is 0 Å². The van der Waals surface area contributed by atoms with Crippen molar-refractivity contribution in [1.29, 1.82) is 0 Å². The van der Waals surface area contributed by atoms with Crippen molar-refractivity contribution in [2.24, 2.45) is 40.4 Å². The summed E-state index contributed by atoms with van der Waals surface area (Å²) in [5.41, 5.74) is 1.43. The van der Waals surface area contributed by atoms with E-state index < -0.39 is 18.2 Å². The summed E-state index contributed by atoms with van der Waals surface area (Å²) < 4.78 is 0. The van der Waals surface area contributed by atoms with Gasteiger partial charge in [-0.1, -0.05) is 26.8 Å². The largest absolute Gasteiger partial charge is 0.481 e. The van der Waals surface area contributed by atoms with Gasteiger partial charge < -0.3 is 15.3 Å². The summed E-state index contributed by atoms with van der Waals surface area (Å²) in [4.78, 5) is 11.0. The molecule has 0 saturated heterocycles. The molecule has 28 heavy (non-hydrogen) atoms. The number of carbonyl (C=O) groups is 1. The Morgan fingerprint density at radius 1 is 1.14 bits per heavy atom. The number of hydrogen-bond donors (Lipinski definition) is 3. The van der Waals surface area contributed by atoms with Crippen LogP contribution in [0.1, 0.15) is 78.6 Å². The summed E-state index contributed by atoms with van der Waals surface area (Å²) in [6.45, 7) is 7.07. The van der Waals surface area contributed by atoms with Crippen LogP contribution < -0.4 is 0 Å². The van der Waals surface area contributed by atoms with Gasteiger partial charge in [0.25, 0.3) is 0 Å². The van der Waals surface area contributed by atoms with Crippen LogP contribution in [0, 0.1) is 40.4 Å². The van der Waals surface area contributed by atoms with Crippen LogP contribution in [0.25, 0.3) is 0 Å². The number of aliphatic carboxylic acids is 1. The standard InChI is InChI=1S/C24H38O4/c1-14(4-7-22(27)28)17-5-6-18-16-13-21(26)20-12-15(25)8-10-24(20,3)19(16)9-11-23(17,18)2/h12,14-19,21,25-26H,4-11,13H2,1-3H3,(H,27,28)/t14-,15-,16+,17+,18-,19+,21+,23-,24-/m1/s1. The number of hydrogen-bond acceptors (Lipinski definition) is 3. The monoisotopic (exact) mass is 390 g/mol. The summed E-state index contributed by atoms with van der Waals surface area (Å²) >= 11 is 0. The van der Waals surface area contributed by atoms with Gasteiger partial charge in [-0.3, -0.25) is 4.79 Å². The van der Waals surface area contributed by atoms with Crippen molar-refractivity contribution >= 4 is 5.97 Å². The lowest BCUT2D eigenvalue weighted by Gasteiger charge is -2.60. The Kier molecular flexibility index (Phi) is 5.19. The van der Waals surface area contributed by atoms with E-state index in [1.54, 1.807) is 0 Å². The minimum atomic E-state index is -0.683. The fourth-order valence-corrected chi connectivity index (χ4v) is 8.28. The molecule has 4 rings (SSSR count). The number of fused-ring (bicyclic) bond motifs is 5. The first-order valence-electron chi connectivity index (χ1n) is 11.5. The van der Waals surface area contributed by atoms with Gasteiger partial charge in [-0.05, 0) is 97.4 Å². The number of carboxylic acid groups (broad SMARTS) is 1. The van der Waals surface area contributed by atoms with Crippen molar-refractivity contribution in [1.82, 2.24) is 0 Å². The van der Waals surface area contributed by atoms with Crippen molar-refractivity contribution in [3.8, 4) is 0 Å². The predicted octanol–water partition coefficient (Wildman–Crippen LogP) is 4.40. The Bertz CT molecular complexity index is 657. The first kappa shape index (κ1) is 20.4. The summed E-state index contributed by atoms with van der Waals surface area (Å²) in [5, 5.41) is 30.2. The predicted molar refractivity (Wildman–Crippen MR) is 109 cm³/mol. The average molecular weight is 391 g/mol. The molecule has 0 aromatic heterocycles. The highest BCUT2D eigenvalue weighted by Crippen LogP contribution is 2.67. The fourth-order valence-electron chi connectivity index (χ4n) is 8.28. The third-order valence-electron chi connectivity index (χ3n) is 9.67. The molecule has 0 heterocycles. The first-order chi connectivity index (χ1) is 13.2. The molecule has 4 heteroatoms. The normalized spacial score (nSPS) is 48.8. The fraction of sp³-hybridized carbons (Fsp3) is 0.875. The van der Waals surface area contributed by atoms with Gasteiger partial charge in [0.05, 0.1) is 12.2 Å². The minimum Gasteiger partial charge on any atom is -0.481 e. The molecule has 0 aromatic carbocycles. The highest BCUT2D eigenvalue weighted by molar-refractivity contribution is 5.66. The van der Waals surface area contributed by atoms with E-state index in [-0.39, 0.29) is 17.3 Å². The Morgan fingerprint density at radius 3 is 2.61 bits per heavy atom. The van der Waals surface area contributed by atoms with E-state index in [2.05, 4.69) is 20.8 Å². The zero-order valence-corrected chi connectivity index (χ0v) is 17.7. The van der Waals surface area contributed by atoms with Gasteiger partial charge in [-0.15, -0.1) is 0 Å². The molecule has 0 bridgehead atoms. The third-order valence-corrected chi connectivity index (χ3v) is 9.67. The van der Waals surface area contributed by atoms with Gasteiger partial charge in [-0.25, -0.2) is 0 Å². The number of carboxylic acids is 1. The summed E-state index contributed by atoms with van der Waals surface area (Å²) in [6.07, 6.45) is 9.72. The quantitative estimate of drug-likeness (QED) is 0.622. The highest BCUT2D eigenvalue weighted by Gasteiger charge is 2.60. The smallest absolute Gasteiger partial charge is 0.303 e. The maximum atomic E-state index is 11.0. The van der Waals surface area contributed by atoms with Crippen molar-refractivity contribution < 1.29 is 20.1 Å². The zero-order valence-electron chi connectivity index (χ0n) is 17.7. The molecule has 3 saturated carbocycles. The Morgan fingerprint density at radius 2 is 1.89 bits per heavy atom. The lowest BCUT2D eigenvalue weighted by molar-refractivity contribution is -0.137. The molecule has 9 atom stereocenters. The molecule has 0 unspecified atom stereocenters. The van der Waals surface area contributed by atoms with Crippen molar-refractivity contribution in [2.75, 3.05) is 0 Å². The van der Waals surface area contributed by atoms with Crippen molar-refractivity contribution in [2.45, 2.75) is 90.8 Å². The molecule has 0 radical (unpaired) electrons. The van der Waals surface area contributed by atoms with Gasteiger partial charge in [0.1, 0.15) is 0 Å².